The van der Waals surface area contributed by atoms with Crippen LogP contribution in [0.25, 0.3) is 10.8 Å². The summed E-state index contributed by atoms with van der Waals surface area (Å²) < 4.78 is 11.2. The molecule has 32 heavy (non-hydrogen) atoms. The Bertz CT molecular complexity index is 1250. The van der Waals surface area contributed by atoms with Gasteiger partial charge < -0.3 is 14.6 Å². The van der Waals surface area contributed by atoms with Crippen LogP contribution in [0.3, 0.4) is 0 Å². The molecule has 0 fully saturated rings. The van der Waals surface area contributed by atoms with Crippen molar-refractivity contribution in [1.29, 1.82) is 0 Å². The average molecular weight is 426 g/mol. The maximum Gasteiger partial charge on any atom is 0.161 e. The fourth-order valence-corrected chi connectivity index (χ4v) is 4.89. The standard InChI is InChI=1S/C28H27NO3/c1-31-26-16-21-14-15-29(18-24-22-11-7-6-8-19(22)12-13-25(24)30)28(20-9-4-3-5-10-20)23(21)17-27(26)32-2/h3-13,16-17,28,30H,14-15,18H2,1-2H3/t28-/m1/s1. The SMILES string of the molecule is COc1cc2c(cc1OC)[C@@H](c1ccccc1)N(Cc1c(O)ccc3ccccc13)CC2. The maximum absolute atomic E-state index is 10.8. The minimum absolute atomic E-state index is 0.0538. The Morgan fingerprint density at radius 1 is 0.875 bits per heavy atom. The summed E-state index contributed by atoms with van der Waals surface area (Å²) in [6, 6.07) is 26.9. The summed E-state index contributed by atoms with van der Waals surface area (Å²) in [6.07, 6.45) is 0.907. The number of fused-ring (bicyclic) bond motifs is 2. The number of hydrogen-bond donors (Lipinski definition) is 1. The predicted molar refractivity (Wildman–Crippen MR) is 128 cm³/mol. The second-order valence-electron chi connectivity index (χ2n) is 8.22. The van der Waals surface area contributed by atoms with Gasteiger partial charge in [-0.2, -0.15) is 0 Å². The molecule has 0 aliphatic carbocycles. The van der Waals surface area contributed by atoms with Crippen LogP contribution in [0.1, 0.15) is 28.3 Å². The van der Waals surface area contributed by atoms with Gasteiger partial charge in [0.1, 0.15) is 5.75 Å². The molecular formula is C28H27NO3. The Morgan fingerprint density at radius 2 is 1.59 bits per heavy atom. The van der Waals surface area contributed by atoms with Gasteiger partial charge in [0.05, 0.1) is 20.3 Å². The third-order valence-corrected chi connectivity index (χ3v) is 6.47. The van der Waals surface area contributed by atoms with E-state index in [1.807, 2.05) is 24.3 Å². The molecule has 0 unspecified atom stereocenters. The second-order valence-corrected chi connectivity index (χ2v) is 8.22. The van der Waals surface area contributed by atoms with Crippen LogP contribution in [0.5, 0.6) is 17.2 Å². The lowest BCUT2D eigenvalue weighted by Gasteiger charge is -2.38. The van der Waals surface area contributed by atoms with Crippen LogP contribution in [-0.2, 0) is 13.0 Å². The van der Waals surface area contributed by atoms with Gasteiger partial charge >= 0.3 is 0 Å². The van der Waals surface area contributed by atoms with Crippen LogP contribution in [-0.4, -0.2) is 30.8 Å². The summed E-state index contributed by atoms with van der Waals surface area (Å²) >= 11 is 0. The predicted octanol–water partition coefficient (Wildman–Crippen LogP) is 5.71. The van der Waals surface area contributed by atoms with Crippen LogP contribution >= 0.6 is 0 Å². The molecule has 1 atom stereocenters. The van der Waals surface area contributed by atoms with Crippen molar-refractivity contribution in [3.8, 4) is 17.2 Å². The van der Waals surface area contributed by atoms with E-state index in [9.17, 15) is 5.11 Å². The van der Waals surface area contributed by atoms with E-state index in [1.54, 1.807) is 20.3 Å². The Labute approximate surface area is 188 Å². The first-order chi connectivity index (χ1) is 15.7. The average Bonchev–Trinajstić information content (AvgIpc) is 2.85. The van der Waals surface area contributed by atoms with Crippen LogP contribution in [0.4, 0.5) is 0 Å². The molecule has 4 heteroatoms. The van der Waals surface area contributed by atoms with Gasteiger partial charge in [0.15, 0.2) is 11.5 Å². The highest BCUT2D eigenvalue weighted by atomic mass is 16.5. The molecule has 0 aromatic heterocycles. The number of phenols is 1. The molecule has 1 aliphatic heterocycles. The minimum Gasteiger partial charge on any atom is -0.508 e. The molecule has 0 radical (unpaired) electrons. The molecule has 0 saturated carbocycles. The van der Waals surface area contributed by atoms with Gasteiger partial charge in [-0.05, 0) is 52.1 Å². The fourth-order valence-electron chi connectivity index (χ4n) is 4.89. The number of nitrogens with zero attached hydrogens (tertiary/aromatic N) is 1. The van der Waals surface area contributed by atoms with Crippen molar-refractivity contribution in [2.45, 2.75) is 19.0 Å². The third kappa shape index (κ3) is 3.57. The molecule has 0 saturated heterocycles. The van der Waals surface area contributed by atoms with E-state index in [2.05, 4.69) is 53.4 Å². The molecule has 0 bridgehead atoms. The molecule has 1 heterocycles. The molecular weight excluding hydrogens is 398 g/mol. The largest absolute Gasteiger partial charge is 0.508 e. The highest BCUT2D eigenvalue weighted by Gasteiger charge is 2.31. The van der Waals surface area contributed by atoms with Crippen LogP contribution in [0, 0.1) is 0 Å². The van der Waals surface area contributed by atoms with Crippen molar-refractivity contribution in [3.63, 3.8) is 0 Å². The normalized spacial score (nSPS) is 16.0. The zero-order chi connectivity index (χ0) is 22.1. The number of ether oxygens (including phenoxy) is 2. The van der Waals surface area contributed by atoms with Crippen molar-refractivity contribution >= 4 is 10.8 Å². The molecule has 4 aromatic rings. The van der Waals surface area contributed by atoms with E-state index >= 15 is 0 Å². The van der Waals surface area contributed by atoms with E-state index in [4.69, 9.17) is 9.47 Å². The second kappa shape index (κ2) is 8.56. The number of aromatic hydroxyl groups is 1. The van der Waals surface area contributed by atoms with Gasteiger partial charge in [0, 0.05) is 18.7 Å². The summed E-state index contributed by atoms with van der Waals surface area (Å²) in [4.78, 5) is 2.45. The number of rotatable bonds is 5. The summed E-state index contributed by atoms with van der Waals surface area (Å²) in [6.45, 7) is 1.53. The van der Waals surface area contributed by atoms with Gasteiger partial charge in [-0.15, -0.1) is 0 Å². The Morgan fingerprint density at radius 3 is 2.38 bits per heavy atom. The number of hydrogen-bond acceptors (Lipinski definition) is 4. The Kier molecular flexibility index (Phi) is 5.46. The first-order valence-electron chi connectivity index (χ1n) is 10.9. The molecule has 4 nitrogen and oxygen atoms in total. The van der Waals surface area contributed by atoms with Crippen LogP contribution in [0.15, 0.2) is 78.9 Å². The first-order valence-corrected chi connectivity index (χ1v) is 10.9. The van der Waals surface area contributed by atoms with Crippen LogP contribution in [0.2, 0.25) is 0 Å². The zero-order valence-corrected chi connectivity index (χ0v) is 18.4. The van der Waals surface area contributed by atoms with Gasteiger partial charge in [0.25, 0.3) is 0 Å². The summed E-state index contributed by atoms with van der Waals surface area (Å²) in [5.74, 6) is 1.84. The molecule has 162 valence electrons. The topological polar surface area (TPSA) is 41.9 Å². The van der Waals surface area contributed by atoms with Gasteiger partial charge in [-0.1, -0.05) is 60.7 Å². The van der Waals surface area contributed by atoms with E-state index in [0.29, 0.717) is 12.3 Å². The van der Waals surface area contributed by atoms with Crippen molar-refractivity contribution in [2.75, 3.05) is 20.8 Å². The smallest absolute Gasteiger partial charge is 0.161 e. The van der Waals surface area contributed by atoms with E-state index < -0.39 is 0 Å². The minimum atomic E-state index is 0.0538. The Hall–Kier alpha value is -3.50. The van der Waals surface area contributed by atoms with Crippen molar-refractivity contribution in [3.05, 3.63) is 101 Å². The van der Waals surface area contributed by atoms with Crippen molar-refractivity contribution in [2.24, 2.45) is 0 Å². The van der Waals surface area contributed by atoms with Gasteiger partial charge in [-0.25, -0.2) is 0 Å². The van der Waals surface area contributed by atoms with Crippen LogP contribution < -0.4 is 9.47 Å². The molecule has 4 aromatic carbocycles. The zero-order valence-electron chi connectivity index (χ0n) is 18.4. The lowest BCUT2D eigenvalue weighted by atomic mass is 9.87. The Balaban J connectivity index is 1.63. The fraction of sp³-hybridized carbons (Fsp3) is 0.214. The summed E-state index contributed by atoms with van der Waals surface area (Å²) in [5.41, 5.74) is 4.68. The van der Waals surface area contributed by atoms with E-state index in [-0.39, 0.29) is 6.04 Å². The number of methoxy groups -OCH3 is 2. The quantitative estimate of drug-likeness (QED) is 0.445. The first kappa shape index (κ1) is 20.4. The maximum atomic E-state index is 10.8. The molecule has 1 aliphatic rings. The lowest BCUT2D eigenvalue weighted by molar-refractivity contribution is 0.202. The molecule has 5 rings (SSSR count). The van der Waals surface area contributed by atoms with E-state index in [0.717, 1.165) is 40.8 Å². The molecule has 0 spiro atoms. The lowest BCUT2D eigenvalue weighted by Crippen LogP contribution is -2.35. The summed E-state index contributed by atoms with van der Waals surface area (Å²) in [5, 5.41) is 13.0. The monoisotopic (exact) mass is 425 g/mol. The molecule has 1 N–H and O–H groups in total. The third-order valence-electron chi connectivity index (χ3n) is 6.47. The number of benzene rings is 4. The highest BCUT2D eigenvalue weighted by Crippen LogP contribution is 2.42. The van der Waals surface area contributed by atoms with Crippen molar-refractivity contribution in [1.82, 2.24) is 4.90 Å². The van der Waals surface area contributed by atoms with Gasteiger partial charge in [0.2, 0.25) is 0 Å². The van der Waals surface area contributed by atoms with Crippen molar-refractivity contribution < 1.29 is 14.6 Å². The van der Waals surface area contributed by atoms with Gasteiger partial charge in [-0.3, -0.25) is 4.90 Å². The molecule has 0 amide bonds. The highest BCUT2D eigenvalue weighted by molar-refractivity contribution is 5.87. The van der Waals surface area contributed by atoms with E-state index in [1.165, 1.54) is 16.7 Å². The number of phenolic OH excluding ortho intramolecular Hbond substituents is 1. The summed E-state index contributed by atoms with van der Waals surface area (Å²) in [7, 11) is 3.36.